The molecule has 2 rings (SSSR count). The van der Waals surface area contributed by atoms with E-state index in [9.17, 15) is 0 Å². The van der Waals surface area contributed by atoms with Gasteiger partial charge in [0, 0.05) is 32.2 Å². The van der Waals surface area contributed by atoms with Gasteiger partial charge in [-0.3, -0.25) is 4.90 Å². The fraction of sp³-hybridized carbons (Fsp3) is 0.917. The van der Waals surface area contributed by atoms with Gasteiger partial charge in [0.05, 0.1) is 6.07 Å². The monoisotopic (exact) mass is 208 g/mol. The number of ether oxygens (including phenoxy) is 1. The van der Waals surface area contributed by atoms with E-state index in [4.69, 9.17) is 10.00 Å². The Kier molecular flexibility index (Phi) is 3.99. The molecule has 1 unspecified atom stereocenters. The quantitative estimate of drug-likeness (QED) is 0.694. The highest BCUT2D eigenvalue weighted by Gasteiger charge is 2.26. The maximum absolute atomic E-state index is 8.73. The lowest BCUT2D eigenvalue weighted by atomic mass is 9.93. The minimum absolute atomic E-state index is 0.617. The summed E-state index contributed by atoms with van der Waals surface area (Å²) in [6, 6.07) is 3.03. The van der Waals surface area contributed by atoms with Crippen LogP contribution in [0, 0.1) is 17.2 Å². The van der Waals surface area contributed by atoms with Crippen molar-refractivity contribution in [1.82, 2.24) is 4.90 Å². The zero-order valence-electron chi connectivity index (χ0n) is 9.32. The molecule has 0 amide bonds. The minimum Gasteiger partial charge on any atom is -0.381 e. The summed E-state index contributed by atoms with van der Waals surface area (Å²) in [5, 5.41) is 8.73. The Balaban J connectivity index is 1.83. The van der Waals surface area contributed by atoms with Crippen molar-refractivity contribution in [1.29, 1.82) is 5.26 Å². The van der Waals surface area contributed by atoms with Crippen LogP contribution in [0.2, 0.25) is 0 Å². The van der Waals surface area contributed by atoms with E-state index < -0.39 is 0 Å². The number of hydrogen-bond donors (Lipinski definition) is 0. The lowest BCUT2D eigenvalue weighted by molar-refractivity contribution is 0.0182. The van der Waals surface area contributed by atoms with E-state index in [1.807, 2.05) is 0 Å². The first-order chi connectivity index (χ1) is 7.40. The zero-order valence-corrected chi connectivity index (χ0v) is 9.32. The lowest BCUT2D eigenvalue weighted by Crippen LogP contribution is -2.45. The molecule has 0 radical (unpaired) electrons. The molecule has 3 heteroatoms. The predicted molar refractivity (Wildman–Crippen MR) is 58.4 cm³/mol. The van der Waals surface area contributed by atoms with Crippen LogP contribution in [0.3, 0.4) is 0 Å². The van der Waals surface area contributed by atoms with Crippen molar-refractivity contribution < 1.29 is 4.74 Å². The fourth-order valence-corrected chi connectivity index (χ4v) is 2.77. The smallest absolute Gasteiger partial charge is 0.0625 e. The normalized spacial score (nSPS) is 29.9. The summed E-state index contributed by atoms with van der Waals surface area (Å²) in [7, 11) is 0. The van der Waals surface area contributed by atoms with Gasteiger partial charge in [-0.2, -0.15) is 5.26 Å². The average molecular weight is 208 g/mol. The molecule has 15 heavy (non-hydrogen) atoms. The highest BCUT2D eigenvalue weighted by atomic mass is 16.5. The standard InChI is InChI=1S/C12H20N2O/c13-6-3-11-2-1-7-14(10-11)12-4-8-15-9-5-12/h11-12H,1-5,7-10H2. The number of nitrogens with zero attached hydrogens (tertiary/aromatic N) is 2. The van der Waals surface area contributed by atoms with Crippen LogP contribution in [0.15, 0.2) is 0 Å². The summed E-state index contributed by atoms with van der Waals surface area (Å²) >= 11 is 0. The molecule has 0 N–H and O–H groups in total. The van der Waals surface area contributed by atoms with Gasteiger partial charge in [0.1, 0.15) is 0 Å². The number of hydrogen-bond acceptors (Lipinski definition) is 3. The molecule has 0 saturated carbocycles. The molecule has 2 aliphatic heterocycles. The fourth-order valence-electron chi connectivity index (χ4n) is 2.77. The second-order valence-electron chi connectivity index (χ2n) is 4.71. The molecule has 2 fully saturated rings. The molecule has 0 aromatic carbocycles. The molecular weight excluding hydrogens is 188 g/mol. The van der Waals surface area contributed by atoms with Gasteiger partial charge < -0.3 is 4.74 Å². The van der Waals surface area contributed by atoms with E-state index in [1.165, 1.54) is 32.2 Å². The van der Waals surface area contributed by atoms with E-state index >= 15 is 0 Å². The molecule has 2 aliphatic rings. The first-order valence-corrected chi connectivity index (χ1v) is 6.09. The summed E-state index contributed by atoms with van der Waals surface area (Å²) < 4.78 is 5.39. The molecule has 0 aliphatic carbocycles. The van der Waals surface area contributed by atoms with E-state index in [0.29, 0.717) is 5.92 Å². The Hall–Kier alpha value is -0.590. The predicted octanol–water partition coefficient (Wildman–Crippen LogP) is 1.79. The van der Waals surface area contributed by atoms with Crippen LogP contribution in [0.5, 0.6) is 0 Å². The summed E-state index contributed by atoms with van der Waals surface area (Å²) in [5.41, 5.74) is 0. The van der Waals surface area contributed by atoms with Gasteiger partial charge in [-0.15, -0.1) is 0 Å². The van der Waals surface area contributed by atoms with Gasteiger partial charge in [-0.05, 0) is 38.1 Å². The Morgan fingerprint density at radius 1 is 1.27 bits per heavy atom. The van der Waals surface area contributed by atoms with E-state index in [-0.39, 0.29) is 0 Å². The first kappa shape index (κ1) is 10.9. The van der Waals surface area contributed by atoms with Crippen LogP contribution in [-0.2, 0) is 4.74 Å². The van der Waals surface area contributed by atoms with Crippen LogP contribution in [0.25, 0.3) is 0 Å². The van der Waals surface area contributed by atoms with Crippen molar-refractivity contribution in [3.8, 4) is 6.07 Å². The molecule has 0 aromatic rings. The number of rotatable bonds is 2. The maximum atomic E-state index is 8.73. The maximum Gasteiger partial charge on any atom is 0.0625 e. The van der Waals surface area contributed by atoms with Crippen molar-refractivity contribution in [3.05, 3.63) is 0 Å². The van der Waals surface area contributed by atoms with Gasteiger partial charge in [-0.25, -0.2) is 0 Å². The SMILES string of the molecule is N#CCC1CCCN(C2CCOCC2)C1. The summed E-state index contributed by atoms with van der Waals surface area (Å²) in [4.78, 5) is 2.59. The third kappa shape index (κ3) is 2.93. The minimum atomic E-state index is 0.617. The highest BCUT2D eigenvalue weighted by Crippen LogP contribution is 2.24. The largest absolute Gasteiger partial charge is 0.381 e. The second kappa shape index (κ2) is 5.48. The molecule has 2 saturated heterocycles. The van der Waals surface area contributed by atoms with Crippen LogP contribution < -0.4 is 0 Å². The Morgan fingerprint density at radius 3 is 2.80 bits per heavy atom. The van der Waals surface area contributed by atoms with Crippen molar-refractivity contribution >= 4 is 0 Å². The second-order valence-corrected chi connectivity index (χ2v) is 4.71. The number of nitriles is 1. The van der Waals surface area contributed by atoms with Crippen LogP contribution in [0.1, 0.15) is 32.1 Å². The number of piperidine rings is 1. The van der Waals surface area contributed by atoms with E-state index in [0.717, 1.165) is 32.2 Å². The zero-order chi connectivity index (χ0) is 10.5. The van der Waals surface area contributed by atoms with Gasteiger partial charge in [0.2, 0.25) is 0 Å². The Bertz CT molecular complexity index is 230. The first-order valence-electron chi connectivity index (χ1n) is 6.09. The Morgan fingerprint density at radius 2 is 2.07 bits per heavy atom. The van der Waals surface area contributed by atoms with Crippen molar-refractivity contribution in [2.24, 2.45) is 5.92 Å². The van der Waals surface area contributed by atoms with Crippen molar-refractivity contribution in [2.45, 2.75) is 38.1 Å². The molecule has 0 aromatic heterocycles. The molecule has 0 bridgehead atoms. The molecule has 3 nitrogen and oxygen atoms in total. The van der Waals surface area contributed by atoms with Crippen LogP contribution >= 0.6 is 0 Å². The van der Waals surface area contributed by atoms with Crippen molar-refractivity contribution in [3.63, 3.8) is 0 Å². The van der Waals surface area contributed by atoms with Crippen molar-refractivity contribution in [2.75, 3.05) is 26.3 Å². The summed E-state index contributed by atoms with van der Waals surface area (Å²) in [5.74, 6) is 0.617. The summed E-state index contributed by atoms with van der Waals surface area (Å²) in [6.07, 6.45) is 5.61. The Labute approximate surface area is 92.0 Å². The number of likely N-dealkylation sites (tertiary alicyclic amines) is 1. The van der Waals surface area contributed by atoms with Gasteiger partial charge >= 0.3 is 0 Å². The molecule has 84 valence electrons. The molecule has 0 spiro atoms. The van der Waals surface area contributed by atoms with Gasteiger partial charge in [-0.1, -0.05) is 0 Å². The van der Waals surface area contributed by atoms with E-state index in [1.54, 1.807) is 0 Å². The molecule has 2 heterocycles. The highest BCUT2D eigenvalue weighted by molar-refractivity contribution is 4.85. The lowest BCUT2D eigenvalue weighted by Gasteiger charge is -2.39. The average Bonchev–Trinajstić information content (AvgIpc) is 2.31. The van der Waals surface area contributed by atoms with Crippen LogP contribution in [0.4, 0.5) is 0 Å². The van der Waals surface area contributed by atoms with E-state index in [2.05, 4.69) is 11.0 Å². The van der Waals surface area contributed by atoms with Gasteiger partial charge in [0.15, 0.2) is 0 Å². The molecular formula is C12H20N2O. The third-order valence-corrected chi connectivity index (χ3v) is 3.64. The van der Waals surface area contributed by atoms with Gasteiger partial charge in [0.25, 0.3) is 0 Å². The summed E-state index contributed by atoms with van der Waals surface area (Å²) in [6.45, 7) is 4.21. The molecule has 1 atom stereocenters. The third-order valence-electron chi connectivity index (χ3n) is 3.64. The van der Waals surface area contributed by atoms with Crippen LogP contribution in [-0.4, -0.2) is 37.2 Å². The topological polar surface area (TPSA) is 36.3 Å².